The molecule has 1 aromatic heterocycles. The van der Waals surface area contributed by atoms with Gasteiger partial charge < -0.3 is 20.5 Å². The first kappa shape index (κ1) is 17.0. The molecule has 2 amide bonds. The lowest BCUT2D eigenvalue weighted by molar-refractivity contribution is -0.136. The summed E-state index contributed by atoms with van der Waals surface area (Å²) >= 11 is 1.41. The summed E-state index contributed by atoms with van der Waals surface area (Å²) in [5.41, 5.74) is 1.44. The summed E-state index contributed by atoms with van der Waals surface area (Å²) in [6, 6.07) is 8.51. The topological polar surface area (TPSA) is 87.7 Å². The molecule has 0 radical (unpaired) electrons. The predicted octanol–water partition coefficient (Wildman–Crippen LogP) is 1.85. The first-order valence-electron chi connectivity index (χ1n) is 6.96. The molecule has 1 atom stereocenters. The van der Waals surface area contributed by atoms with E-state index < -0.39 is 17.9 Å². The Kier molecular flexibility index (Phi) is 5.72. The number of anilines is 1. The largest absolute Gasteiger partial charge is 0.497 e. The van der Waals surface area contributed by atoms with Gasteiger partial charge in [0.15, 0.2) is 0 Å². The molecule has 1 unspecified atom stereocenters. The van der Waals surface area contributed by atoms with Gasteiger partial charge in [0.25, 0.3) is 0 Å². The van der Waals surface area contributed by atoms with E-state index in [0.29, 0.717) is 11.4 Å². The number of hydrogen-bond acceptors (Lipinski definition) is 5. The second-order valence-corrected chi connectivity index (χ2v) is 5.82. The number of methoxy groups -OCH3 is 1. The maximum Gasteiger partial charge on any atom is 0.313 e. The number of hydrogen-bond donors (Lipinski definition) is 3. The van der Waals surface area contributed by atoms with E-state index in [-0.39, 0.29) is 6.54 Å². The average molecular weight is 334 g/mol. The van der Waals surface area contributed by atoms with Gasteiger partial charge in [-0.25, -0.2) is 0 Å². The molecule has 23 heavy (non-hydrogen) atoms. The molecule has 6 nitrogen and oxygen atoms in total. The lowest BCUT2D eigenvalue weighted by atomic mass is 10.2. The maximum absolute atomic E-state index is 11.8. The van der Waals surface area contributed by atoms with Crippen molar-refractivity contribution in [2.24, 2.45) is 0 Å². The molecule has 7 heteroatoms. The molecule has 0 aliphatic heterocycles. The number of benzene rings is 1. The quantitative estimate of drug-likeness (QED) is 0.728. The highest BCUT2D eigenvalue weighted by Gasteiger charge is 2.17. The van der Waals surface area contributed by atoms with Crippen molar-refractivity contribution < 1.29 is 19.4 Å². The second kappa shape index (κ2) is 7.75. The van der Waals surface area contributed by atoms with Crippen molar-refractivity contribution in [1.29, 1.82) is 0 Å². The van der Waals surface area contributed by atoms with E-state index in [0.717, 1.165) is 10.4 Å². The molecule has 0 saturated carbocycles. The molecular formula is C16H18N2O4S. The van der Waals surface area contributed by atoms with Gasteiger partial charge in [0.1, 0.15) is 11.9 Å². The highest BCUT2D eigenvalue weighted by Crippen LogP contribution is 2.23. The number of ether oxygens (including phenoxy) is 1. The third kappa shape index (κ3) is 4.54. The summed E-state index contributed by atoms with van der Waals surface area (Å²) in [4.78, 5) is 24.4. The zero-order chi connectivity index (χ0) is 16.8. The molecular weight excluding hydrogens is 316 g/mol. The molecule has 0 saturated heterocycles. The molecule has 122 valence electrons. The second-order valence-electron chi connectivity index (χ2n) is 4.88. The number of amides is 2. The number of thiophene rings is 1. The molecule has 0 aliphatic rings. The first-order chi connectivity index (χ1) is 11.0. The average Bonchev–Trinajstić information content (AvgIpc) is 2.99. The summed E-state index contributed by atoms with van der Waals surface area (Å²) in [6.45, 7) is 1.86. The Labute approximate surface area is 138 Å². The molecule has 2 rings (SSSR count). The van der Waals surface area contributed by atoms with Crippen LogP contribution in [0.2, 0.25) is 0 Å². The van der Waals surface area contributed by atoms with Crippen LogP contribution in [0, 0.1) is 6.92 Å². The lowest BCUT2D eigenvalue weighted by Gasteiger charge is -2.11. The molecule has 0 spiro atoms. The van der Waals surface area contributed by atoms with E-state index >= 15 is 0 Å². The fourth-order valence-electron chi connectivity index (χ4n) is 1.95. The Morgan fingerprint density at radius 1 is 1.22 bits per heavy atom. The van der Waals surface area contributed by atoms with Gasteiger partial charge in [-0.3, -0.25) is 9.59 Å². The summed E-state index contributed by atoms with van der Waals surface area (Å²) in [5.74, 6) is -0.929. The van der Waals surface area contributed by atoms with Crippen molar-refractivity contribution in [1.82, 2.24) is 5.32 Å². The summed E-state index contributed by atoms with van der Waals surface area (Å²) in [6.07, 6.45) is -0.826. The normalized spacial score (nSPS) is 11.6. The Morgan fingerprint density at radius 2 is 1.91 bits per heavy atom. The van der Waals surface area contributed by atoms with Crippen LogP contribution in [0.3, 0.4) is 0 Å². The van der Waals surface area contributed by atoms with E-state index in [9.17, 15) is 14.7 Å². The van der Waals surface area contributed by atoms with Crippen molar-refractivity contribution >= 4 is 28.8 Å². The van der Waals surface area contributed by atoms with E-state index in [1.165, 1.54) is 11.3 Å². The monoisotopic (exact) mass is 334 g/mol. The Hall–Kier alpha value is -2.38. The first-order valence-corrected chi connectivity index (χ1v) is 7.84. The van der Waals surface area contributed by atoms with Crippen molar-refractivity contribution in [2.45, 2.75) is 13.0 Å². The number of aliphatic hydroxyl groups is 1. The van der Waals surface area contributed by atoms with Crippen LogP contribution in [0.5, 0.6) is 5.75 Å². The van der Waals surface area contributed by atoms with Crippen molar-refractivity contribution in [2.75, 3.05) is 19.0 Å². The third-order valence-corrected chi connectivity index (χ3v) is 4.33. The summed E-state index contributed by atoms with van der Waals surface area (Å²) < 4.78 is 5.01. The van der Waals surface area contributed by atoms with Crippen molar-refractivity contribution in [3.05, 3.63) is 46.2 Å². The van der Waals surface area contributed by atoms with E-state index in [1.807, 2.05) is 18.4 Å². The van der Waals surface area contributed by atoms with Crippen LogP contribution >= 0.6 is 11.3 Å². The zero-order valence-electron chi connectivity index (χ0n) is 12.8. The number of rotatable bonds is 5. The minimum atomic E-state index is -0.826. The Morgan fingerprint density at radius 3 is 2.48 bits per heavy atom. The molecule has 0 fully saturated rings. The van der Waals surface area contributed by atoms with Crippen molar-refractivity contribution in [3.8, 4) is 5.75 Å². The molecule has 3 N–H and O–H groups in total. The fraction of sp³-hybridized carbons (Fsp3) is 0.250. The predicted molar refractivity (Wildman–Crippen MR) is 88.6 cm³/mol. The highest BCUT2D eigenvalue weighted by molar-refractivity contribution is 7.10. The molecule has 1 heterocycles. The Balaban J connectivity index is 1.85. The number of aryl methyl sites for hydroxylation is 1. The van der Waals surface area contributed by atoms with Gasteiger partial charge >= 0.3 is 11.8 Å². The van der Waals surface area contributed by atoms with Crippen LogP contribution in [-0.4, -0.2) is 30.6 Å². The number of carbonyl (C=O) groups excluding carboxylic acids is 2. The van der Waals surface area contributed by atoms with Crippen LogP contribution in [0.25, 0.3) is 0 Å². The standard InChI is InChI=1S/C16H18N2O4S/c1-10-7-8-23-14(10)13(19)9-17-15(20)16(21)18-11-3-5-12(22-2)6-4-11/h3-8,13,19H,9H2,1-2H3,(H,17,20)(H,18,21). The van der Waals surface area contributed by atoms with Crippen molar-refractivity contribution in [3.63, 3.8) is 0 Å². The maximum atomic E-state index is 11.8. The number of aliphatic hydroxyl groups excluding tert-OH is 1. The molecule has 2 aromatic rings. The van der Waals surface area contributed by atoms with Gasteiger partial charge in [-0.1, -0.05) is 0 Å². The molecule has 0 bridgehead atoms. The highest BCUT2D eigenvalue weighted by atomic mass is 32.1. The van der Waals surface area contributed by atoms with Crippen LogP contribution in [0.4, 0.5) is 5.69 Å². The number of carbonyl (C=O) groups is 2. The van der Waals surface area contributed by atoms with Gasteiger partial charge in [-0.2, -0.15) is 0 Å². The third-order valence-electron chi connectivity index (χ3n) is 3.21. The van der Waals surface area contributed by atoms with Crippen LogP contribution < -0.4 is 15.4 Å². The van der Waals surface area contributed by atoms with Gasteiger partial charge in [-0.15, -0.1) is 11.3 Å². The molecule has 0 aliphatic carbocycles. The van der Waals surface area contributed by atoms with Gasteiger partial charge in [-0.05, 0) is 48.2 Å². The van der Waals surface area contributed by atoms with Crippen LogP contribution in [0.15, 0.2) is 35.7 Å². The van der Waals surface area contributed by atoms with Gasteiger partial charge in [0, 0.05) is 17.1 Å². The van der Waals surface area contributed by atoms with Gasteiger partial charge in [0.05, 0.1) is 7.11 Å². The van der Waals surface area contributed by atoms with Gasteiger partial charge in [0.2, 0.25) is 0 Å². The lowest BCUT2D eigenvalue weighted by Crippen LogP contribution is -2.37. The van der Waals surface area contributed by atoms with E-state index in [4.69, 9.17) is 4.74 Å². The summed E-state index contributed by atoms with van der Waals surface area (Å²) in [7, 11) is 1.54. The minimum Gasteiger partial charge on any atom is -0.497 e. The van der Waals surface area contributed by atoms with E-state index in [2.05, 4.69) is 10.6 Å². The van der Waals surface area contributed by atoms with Crippen LogP contribution in [-0.2, 0) is 9.59 Å². The number of nitrogens with one attached hydrogen (secondary N) is 2. The van der Waals surface area contributed by atoms with Crippen LogP contribution in [0.1, 0.15) is 16.5 Å². The molecule has 1 aromatic carbocycles. The fourth-order valence-corrected chi connectivity index (χ4v) is 2.86. The SMILES string of the molecule is COc1ccc(NC(=O)C(=O)NCC(O)c2sccc2C)cc1. The zero-order valence-corrected chi connectivity index (χ0v) is 13.6. The Bertz CT molecular complexity index is 682. The minimum absolute atomic E-state index is 0.0176. The summed E-state index contributed by atoms with van der Waals surface area (Å²) in [5, 5.41) is 16.8. The van der Waals surface area contributed by atoms with E-state index in [1.54, 1.807) is 31.4 Å². The smallest absolute Gasteiger partial charge is 0.313 e.